The van der Waals surface area contributed by atoms with E-state index in [1.165, 1.54) is 23.6 Å². The molecule has 1 heterocycles. The number of carbonyl (C=O) groups excluding carboxylic acids is 3. The Kier molecular flexibility index (Phi) is 4.92. The summed E-state index contributed by atoms with van der Waals surface area (Å²) < 4.78 is 0.441. The first kappa shape index (κ1) is 17.3. The molecule has 2 aromatic rings. The molecule has 0 aromatic heterocycles. The number of hydrogen-bond acceptors (Lipinski definition) is 5. The Bertz CT molecular complexity index is 899. The van der Waals surface area contributed by atoms with Gasteiger partial charge in [0, 0.05) is 11.1 Å². The molecule has 0 N–H and O–H groups in total. The second kappa shape index (κ2) is 7.13. The number of anilines is 1. The molecule has 0 atom stereocenters. The first-order valence-electron chi connectivity index (χ1n) is 7.44. The lowest BCUT2D eigenvalue weighted by atomic mass is 10.1. The number of amides is 1. The van der Waals surface area contributed by atoms with Gasteiger partial charge in [0.1, 0.15) is 6.29 Å². The van der Waals surface area contributed by atoms with E-state index in [2.05, 4.69) is 0 Å². The second-order valence-electron chi connectivity index (χ2n) is 5.40. The number of hydrogen-bond donors (Lipinski definition) is 0. The van der Waals surface area contributed by atoms with E-state index in [0.29, 0.717) is 26.0 Å². The number of thioether (sulfide) groups is 1. The van der Waals surface area contributed by atoms with Crippen LogP contribution in [0.4, 0.5) is 5.69 Å². The van der Waals surface area contributed by atoms with E-state index in [9.17, 15) is 14.4 Å². The molecule has 25 heavy (non-hydrogen) atoms. The molecule has 0 radical (unpaired) electrons. The van der Waals surface area contributed by atoms with Gasteiger partial charge in [0.15, 0.2) is 10.1 Å². The monoisotopic (exact) mass is 367 g/mol. The summed E-state index contributed by atoms with van der Waals surface area (Å²) in [5.74, 6) is -0.236. The van der Waals surface area contributed by atoms with Crippen LogP contribution in [-0.4, -0.2) is 22.3 Å². The lowest BCUT2D eigenvalue weighted by Gasteiger charge is -2.14. The Balaban J connectivity index is 1.87. The van der Waals surface area contributed by atoms with Crippen molar-refractivity contribution in [2.45, 2.75) is 6.92 Å². The van der Waals surface area contributed by atoms with Gasteiger partial charge in [0.25, 0.3) is 5.91 Å². The number of Topliss-reactive ketones (excluding diaryl/α,β-unsaturated/α-hetero) is 1. The van der Waals surface area contributed by atoms with Crippen LogP contribution < -0.4 is 4.90 Å². The number of aldehydes is 1. The van der Waals surface area contributed by atoms with Crippen LogP contribution in [-0.2, 0) is 4.79 Å². The predicted molar refractivity (Wildman–Crippen MR) is 104 cm³/mol. The number of thiocarbonyl (C=S) groups is 1. The van der Waals surface area contributed by atoms with Gasteiger partial charge in [-0.15, -0.1) is 0 Å². The van der Waals surface area contributed by atoms with E-state index in [1.807, 2.05) is 0 Å². The molecule has 0 aliphatic carbocycles. The van der Waals surface area contributed by atoms with Gasteiger partial charge < -0.3 is 0 Å². The minimum atomic E-state index is -0.204. The van der Waals surface area contributed by atoms with Crippen molar-refractivity contribution in [2.24, 2.45) is 0 Å². The molecule has 2 aromatic carbocycles. The maximum Gasteiger partial charge on any atom is 0.270 e. The van der Waals surface area contributed by atoms with Crippen LogP contribution in [0.2, 0.25) is 0 Å². The Hall–Kier alpha value is -2.57. The number of nitrogens with zero attached hydrogens (tertiary/aromatic N) is 1. The fourth-order valence-corrected chi connectivity index (χ4v) is 3.66. The number of carbonyl (C=O) groups is 3. The van der Waals surface area contributed by atoms with E-state index in [0.717, 1.165) is 11.8 Å². The van der Waals surface area contributed by atoms with E-state index in [1.54, 1.807) is 54.6 Å². The zero-order valence-electron chi connectivity index (χ0n) is 13.3. The van der Waals surface area contributed by atoms with E-state index in [-0.39, 0.29) is 11.7 Å². The highest BCUT2D eigenvalue weighted by atomic mass is 32.2. The topological polar surface area (TPSA) is 54.5 Å². The smallest absolute Gasteiger partial charge is 0.270 e. The highest BCUT2D eigenvalue weighted by Crippen LogP contribution is 2.36. The highest BCUT2D eigenvalue weighted by Gasteiger charge is 2.33. The van der Waals surface area contributed by atoms with Crippen molar-refractivity contribution in [3.8, 4) is 0 Å². The molecule has 1 aliphatic rings. The van der Waals surface area contributed by atoms with Crippen LogP contribution in [0.1, 0.15) is 33.2 Å². The summed E-state index contributed by atoms with van der Waals surface area (Å²) in [6.07, 6.45) is 2.52. The van der Waals surface area contributed by atoms with Gasteiger partial charge in [-0.05, 0) is 42.8 Å². The van der Waals surface area contributed by atoms with Gasteiger partial charge in [0.2, 0.25) is 0 Å². The van der Waals surface area contributed by atoms with Crippen LogP contribution in [0.25, 0.3) is 6.08 Å². The molecular weight excluding hydrogens is 354 g/mol. The van der Waals surface area contributed by atoms with Crippen LogP contribution in [0.15, 0.2) is 53.4 Å². The Morgan fingerprint density at radius 2 is 1.64 bits per heavy atom. The lowest BCUT2D eigenvalue weighted by Crippen LogP contribution is -2.27. The highest BCUT2D eigenvalue weighted by molar-refractivity contribution is 8.27. The molecule has 0 spiro atoms. The fourth-order valence-electron chi connectivity index (χ4n) is 2.36. The van der Waals surface area contributed by atoms with E-state index < -0.39 is 0 Å². The fraction of sp³-hybridized carbons (Fsp3) is 0.0526. The first-order chi connectivity index (χ1) is 12.0. The van der Waals surface area contributed by atoms with Crippen molar-refractivity contribution >= 4 is 58.0 Å². The summed E-state index contributed by atoms with van der Waals surface area (Å²) in [5.41, 5.74) is 2.61. The third-order valence-corrected chi connectivity index (χ3v) is 5.00. The third kappa shape index (κ3) is 3.60. The zero-order chi connectivity index (χ0) is 18.0. The molecule has 1 amide bonds. The minimum absolute atomic E-state index is 0.0318. The molecule has 1 saturated heterocycles. The normalized spacial score (nSPS) is 15.7. The molecule has 0 bridgehead atoms. The number of ketones is 1. The van der Waals surface area contributed by atoms with Crippen LogP contribution in [0.3, 0.4) is 0 Å². The summed E-state index contributed by atoms with van der Waals surface area (Å²) in [6, 6.07) is 13.7. The maximum atomic E-state index is 12.7. The van der Waals surface area contributed by atoms with Crippen molar-refractivity contribution in [1.29, 1.82) is 0 Å². The van der Waals surface area contributed by atoms with Crippen molar-refractivity contribution in [1.82, 2.24) is 0 Å². The Morgan fingerprint density at radius 1 is 1.04 bits per heavy atom. The minimum Gasteiger partial charge on any atom is -0.298 e. The van der Waals surface area contributed by atoms with Crippen molar-refractivity contribution < 1.29 is 14.4 Å². The standard InChI is InChI=1S/C19H13NO3S2/c1-12(22)15-6-8-16(9-7-15)20-18(23)17(25-19(20)24)10-13-2-4-14(11-21)5-3-13/h2-11H,1H3/b17-10-. The lowest BCUT2D eigenvalue weighted by molar-refractivity contribution is -0.113. The van der Waals surface area contributed by atoms with Crippen molar-refractivity contribution in [3.05, 3.63) is 70.1 Å². The van der Waals surface area contributed by atoms with E-state index >= 15 is 0 Å². The first-order valence-corrected chi connectivity index (χ1v) is 8.66. The Labute approximate surface area is 154 Å². The number of rotatable bonds is 4. The molecule has 1 fully saturated rings. The quantitative estimate of drug-likeness (QED) is 0.352. The SMILES string of the molecule is CC(=O)c1ccc(N2C(=O)/C(=C/c3ccc(C=O)cc3)SC2=S)cc1. The van der Waals surface area contributed by atoms with Gasteiger partial charge in [-0.3, -0.25) is 19.3 Å². The largest absolute Gasteiger partial charge is 0.298 e. The predicted octanol–water partition coefficient (Wildman–Crippen LogP) is 4.11. The molecular formula is C19H13NO3S2. The molecule has 124 valence electrons. The van der Waals surface area contributed by atoms with Gasteiger partial charge in [0.05, 0.1) is 10.6 Å². The molecule has 0 saturated carbocycles. The molecule has 6 heteroatoms. The molecule has 0 unspecified atom stereocenters. The van der Waals surface area contributed by atoms with Crippen LogP contribution >= 0.6 is 24.0 Å². The van der Waals surface area contributed by atoms with Gasteiger partial charge in [-0.25, -0.2) is 0 Å². The third-order valence-electron chi connectivity index (χ3n) is 3.70. The average Bonchev–Trinajstić information content (AvgIpc) is 2.89. The van der Waals surface area contributed by atoms with Crippen LogP contribution in [0, 0.1) is 0 Å². The average molecular weight is 367 g/mol. The van der Waals surface area contributed by atoms with E-state index in [4.69, 9.17) is 12.2 Å². The maximum absolute atomic E-state index is 12.7. The molecule has 4 nitrogen and oxygen atoms in total. The Morgan fingerprint density at radius 3 is 2.20 bits per heavy atom. The summed E-state index contributed by atoms with van der Waals surface area (Å²) in [5, 5.41) is 0. The summed E-state index contributed by atoms with van der Waals surface area (Å²) >= 11 is 6.56. The zero-order valence-corrected chi connectivity index (χ0v) is 14.9. The van der Waals surface area contributed by atoms with Crippen LogP contribution in [0.5, 0.6) is 0 Å². The van der Waals surface area contributed by atoms with Crippen molar-refractivity contribution in [3.63, 3.8) is 0 Å². The molecule has 1 aliphatic heterocycles. The number of benzene rings is 2. The van der Waals surface area contributed by atoms with Gasteiger partial charge in [-0.2, -0.15) is 0 Å². The van der Waals surface area contributed by atoms with Crippen molar-refractivity contribution in [2.75, 3.05) is 4.90 Å². The second-order valence-corrected chi connectivity index (χ2v) is 7.08. The molecule has 3 rings (SSSR count). The summed E-state index contributed by atoms with van der Waals surface area (Å²) in [6.45, 7) is 1.49. The van der Waals surface area contributed by atoms with Gasteiger partial charge >= 0.3 is 0 Å². The van der Waals surface area contributed by atoms with Gasteiger partial charge in [-0.1, -0.05) is 48.2 Å². The summed E-state index contributed by atoms with van der Waals surface area (Å²) in [4.78, 5) is 36.7. The summed E-state index contributed by atoms with van der Waals surface area (Å²) in [7, 11) is 0.